The molecule has 4 nitrogen and oxygen atoms in total. The Kier molecular flexibility index (Phi) is 5.42. The molecule has 1 amide bonds. The number of hydrogen-bond donors (Lipinski definition) is 1. The standard InChI is InChI=1S/C16H12BrClN2O2/c1-10(22-15-7-6-12(18)8-13(15)17)16(21)20-14-5-3-2-4-11(14)9-19/h2-8,10H,1H3,(H,20,21)/t10-/m1/s1. The number of amides is 1. The second-order valence-corrected chi connectivity index (χ2v) is 5.77. The minimum absolute atomic E-state index is 0.343. The van der Waals surface area contributed by atoms with Gasteiger partial charge in [0.25, 0.3) is 5.91 Å². The first-order valence-electron chi connectivity index (χ1n) is 6.43. The first-order chi connectivity index (χ1) is 10.5. The zero-order valence-corrected chi connectivity index (χ0v) is 14.0. The maximum absolute atomic E-state index is 12.2. The van der Waals surface area contributed by atoms with E-state index in [4.69, 9.17) is 21.6 Å². The van der Waals surface area contributed by atoms with Gasteiger partial charge in [-0.25, -0.2) is 0 Å². The third kappa shape index (κ3) is 4.00. The van der Waals surface area contributed by atoms with Crippen molar-refractivity contribution >= 4 is 39.1 Å². The van der Waals surface area contributed by atoms with Crippen LogP contribution in [0.25, 0.3) is 0 Å². The van der Waals surface area contributed by atoms with Gasteiger partial charge in [0.15, 0.2) is 6.10 Å². The Morgan fingerprint density at radius 3 is 2.77 bits per heavy atom. The van der Waals surface area contributed by atoms with Crippen LogP contribution in [0.2, 0.25) is 5.02 Å². The largest absolute Gasteiger partial charge is 0.480 e. The van der Waals surface area contributed by atoms with Gasteiger partial charge in [-0.05, 0) is 53.2 Å². The summed E-state index contributed by atoms with van der Waals surface area (Å²) in [5, 5.41) is 12.3. The third-order valence-electron chi connectivity index (χ3n) is 2.87. The number of anilines is 1. The summed E-state index contributed by atoms with van der Waals surface area (Å²) in [6.07, 6.45) is -0.732. The highest BCUT2D eigenvalue weighted by Gasteiger charge is 2.17. The summed E-state index contributed by atoms with van der Waals surface area (Å²) in [6.45, 7) is 1.63. The average molecular weight is 380 g/mol. The second kappa shape index (κ2) is 7.30. The van der Waals surface area contributed by atoms with Crippen molar-refractivity contribution in [3.05, 3.63) is 57.5 Å². The molecule has 0 radical (unpaired) electrons. The molecule has 0 fully saturated rings. The Balaban J connectivity index is 2.08. The lowest BCUT2D eigenvalue weighted by atomic mass is 10.2. The topological polar surface area (TPSA) is 62.1 Å². The molecule has 2 rings (SSSR count). The van der Waals surface area contributed by atoms with Crippen molar-refractivity contribution in [1.82, 2.24) is 0 Å². The summed E-state index contributed by atoms with van der Waals surface area (Å²) >= 11 is 9.19. The number of carbonyl (C=O) groups excluding carboxylic acids is 1. The number of nitrogens with one attached hydrogen (secondary N) is 1. The van der Waals surface area contributed by atoms with Crippen LogP contribution in [0.3, 0.4) is 0 Å². The number of rotatable bonds is 4. The number of halogens is 2. The fourth-order valence-corrected chi connectivity index (χ4v) is 2.51. The molecule has 0 heterocycles. The van der Waals surface area contributed by atoms with E-state index in [9.17, 15) is 4.79 Å². The third-order valence-corrected chi connectivity index (χ3v) is 3.73. The molecule has 22 heavy (non-hydrogen) atoms. The molecule has 2 aromatic carbocycles. The number of benzene rings is 2. The number of hydrogen-bond acceptors (Lipinski definition) is 3. The molecular weight excluding hydrogens is 368 g/mol. The van der Waals surface area contributed by atoms with Crippen molar-refractivity contribution in [3.63, 3.8) is 0 Å². The molecule has 0 aliphatic rings. The number of para-hydroxylation sites is 1. The van der Waals surface area contributed by atoms with Crippen molar-refractivity contribution in [3.8, 4) is 11.8 Å². The van der Waals surface area contributed by atoms with Crippen LogP contribution in [0, 0.1) is 11.3 Å². The zero-order chi connectivity index (χ0) is 16.1. The van der Waals surface area contributed by atoms with Crippen LogP contribution in [0.4, 0.5) is 5.69 Å². The van der Waals surface area contributed by atoms with E-state index in [2.05, 4.69) is 21.2 Å². The first-order valence-corrected chi connectivity index (χ1v) is 7.60. The monoisotopic (exact) mass is 378 g/mol. The number of nitriles is 1. The molecule has 6 heteroatoms. The van der Waals surface area contributed by atoms with E-state index in [-0.39, 0.29) is 5.91 Å². The lowest BCUT2D eigenvalue weighted by Crippen LogP contribution is -2.30. The summed E-state index contributed by atoms with van der Waals surface area (Å²) in [5.41, 5.74) is 0.858. The van der Waals surface area contributed by atoms with Gasteiger partial charge in [-0.3, -0.25) is 4.79 Å². The van der Waals surface area contributed by atoms with E-state index in [1.54, 1.807) is 49.4 Å². The smallest absolute Gasteiger partial charge is 0.265 e. The number of carbonyl (C=O) groups is 1. The van der Waals surface area contributed by atoms with Gasteiger partial charge in [0.05, 0.1) is 15.7 Å². The van der Waals surface area contributed by atoms with Crippen molar-refractivity contribution < 1.29 is 9.53 Å². The zero-order valence-electron chi connectivity index (χ0n) is 11.6. The lowest BCUT2D eigenvalue weighted by Gasteiger charge is -2.16. The molecule has 0 saturated heterocycles. The van der Waals surface area contributed by atoms with Crippen LogP contribution in [0.15, 0.2) is 46.9 Å². The maximum atomic E-state index is 12.2. The van der Waals surface area contributed by atoms with E-state index in [1.807, 2.05) is 6.07 Å². The molecule has 112 valence electrons. The Labute approximate surface area is 141 Å². The summed E-state index contributed by atoms with van der Waals surface area (Å²) in [4.78, 5) is 12.2. The highest BCUT2D eigenvalue weighted by molar-refractivity contribution is 9.10. The minimum Gasteiger partial charge on any atom is -0.480 e. The van der Waals surface area contributed by atoms with Crippen molar-refractivity contribution in [2.24, 2.45) is 0 Å². The lowest BCUT2D eigenvalue weighted by molar-refractivity contribution is -0.122. The van der Waals surface area contributed by atoms with Crippen LogP contribution in [-0.4, -0.2) is 12.0 Å². The quantitative estimate of drug-likeness (QED) is 0.857. The molecule has 0 unspecified atom stereocenters. The predicted octanol–water partition coefficient (Wildman–Crippen LogP) is 4.38. The highest BCUT2D eigenvalue weighted by atomic mass is 79.9. The summed E-state index contributed by atoms with van der Waals surface area (Å²) < 4.78 is 6.27. The number of nitrogens with zero attached hydrogens (tertiary/aromatic N) is 1. The van der Waals surface area contributed by atoms with Crippen LogP contribution in [-0.2, 0) is 4.79 Å². The van der Waals surface area contributed by atoms with Crippen LogP contribution < -0.4 is 10.1 Å². The van der Waals surface area contributed by atoms with Crippen LogP contribution in [0.1, 0.15) is 12.5 Å². The van der Waals surface area contributed by atoms with Gasteiger partial charge in [-0.2, -0.15) is 5.26 Å². The molecule has 0 aliphatic carbocycles. The van der Waals surface area contributed by atoms with Crippen molar-refractivity contribution in [2.75, 3.05) is 5.32 Å². The summed E-state index contributed by atoms with van der Waals surface area (Å²) in [5.74, 6) is 0.171. The minimum atomic E-state index is -0.732. The van der Waals surface area contributed by atoms with E-state index in [0.29, 0.717) is 26.5 Å². The van der Waals surface area contributed by atoms with Gasteiger partial charge in [0, 0.05) is 5.02 Å². The fraction of sp³-hybridized carbons (Fsp3) is 0.125. The molecule has 0 spiro atoms. The van der Waals surface area contributed by atoms with Crippen LogP contribution in [0.5, 0.6) is 5.75 Å². The second-order valence-electron chi connectivity index (χ2n) is 4.48. The molecule has 0 bridgehead atoms. The molecule has 0 aliphatic heterocycles. The van der Waals surface area contributed by atoms with E-state index >= 15 is 0 Å². The van der Waals surface area contributed by atoms with Gasteiger partial charge in [0.2, 0.25) is 0 Å². The van der Waals surface area contributed by atoms with Gasteiger partial charge in [-0.1, -0.05) is 23.7 Å². The first kappa shape index (κ1) is 16.3. The Bertz CT molecular complexity index is 743. The van der Waals surface area contributed by atoms with Gasteiger partial charge >= 0.3 is 0 Å². The molecule has 2 aromatic rings. The maximum Gasteiger partial charge on any atom is 0.265 e. The molecule has 0 saturated carbocycles. The van der Waals surface area contributed by atoms with Crippen molar-refractivity contribution in [2.45, 2.75) is 13.0 Å². The number of ether oxygens (including phenoxy) is 1. The Morgan fingerprint density at radius 2 is 2.09 bits per heavy atom. The molecule has 1 atom stereocenters. The fourth-order valence-electron chi connectivity index (χ4n) is 1.74. The van der Waals surface area contributed by atoms with Gasteiger partial charge in [0.1, 0.15) is 11.8 Å². The Hall–Kier alpha value is -2.03. The highest BCUT2D eigenvalue weighted by Crippen LogP contribution is 2.29. The van der Waals surface area contributed by atoms with E-state index < -0.39 is 6.10 Å². The predicted molar refractivity (Wildman–Crippen MR) is 89.0 cm³/mol. The summed E-state index contributed by atoms with van der Waals surface area (Å²) in [6, 6.07) is 13.9. The van der Waals surface area contributed by atoms with Gasteiger partial charge in [-0.15, -0.1) is 0 Å². The normalized spacial score (nSPS) is 11.4. The SMILES string of the molecule is C[C@@H](Oc1ccc(Cl)cc1Br)C(=O)Nc1ccccc1C#N. The van der Waals surface area contributed by atoms with Crippen LogP contribution >= 0.6 is 27.5 Å². The van der Waals surface area contributed by atoms with Crippen molar-refractivity contribution in [1.29, 1.82) is 5.26 Å². The Morgan fingerprint density at radius 1 is 1.36 bits per heavy atom. The average Bonchev–Trinajstić information content (AvgIpc) is 2.50. The molecular formula is C16H12BrClN2O2. The summed E-state index contributed by atoms with van der Waals surface area (Å²) in [7, 11) is 0. The van der Waals surface area contributed by atoms with E-state index in [0.717, 1.165) is 0 Å². The van der Waals surface area contributed by atoms with E-state index in [1.165, 1.54) is 0 Å². The molecule has 1 N–H and O–H groups in total. The molecule has 0 aromatic heterocycles. The van der Waals surface area contributed by atoms with Gasteiger partial charge < -0.3 is 10.1 Å².